The molecule has 8 rings (SSSR count). The Bertz CT molecular complexity index is 1380. The lowest BCUT2D eigenvalue weighted by Gasteiger charge is -2.42. The van der Waals surface area contributed by atoms with Crippen LogP contribution in [-0.2, 0) is 37.6 Å². The molecule has 18 atom stereocenters. The smallest absolute Gasteiger partial charge is 0.191 e. The van der Waals surface area contributed by atoms with Crippen molar-refractivity contribution in [3.8, 4) is 0 Å². The number of ether oxygens (including phenoxy) is 7. The molecule has 324 valence electrons. The second-order valence-electron chi connectivity index (χ2n) is 19.5. The standard InChI is InChI=1S/C47H78O9Si/c1-11-15-38-33(10)43-45-46(53-38)44-42(54-45)26-47(55-43,56-44)20-18-35-24-30(7)37(50-35)17-16-34-23-29(6)31(8)40(51-34)25-41-36(19-21-48)32(9)39(52-41)22-28(5)27-49-57(12-2,13-3)14-4/h11,28-29,32-46,48H,1,7-8,12-27H2,2-6,9-10H3/t28-,29+,32+,33-,34-,35-,36+,37?,38-,39+,40?,41-,42+,43?,44-,45-,46-,47+/m0/s1. The maximum absolute atomic E-state index is 10.1. The molecule has 8 aliphatic rings. The molecule has 0 amide bonds. The molecule has 8 aliphatic heterocycles. The molecule has 0 saturated carbocycles. The molecule has 10 heteroatoms. The maximum Gasteiger partial charge on any atom is 0.191 e. The van der Waals surface area contributed by atoms with E-state index in [1.54, 1.807) is 0 Å². The summed E-state index contributed by atoms with van der Waals surface area (Å²) in [5.74, 6) is 1.04. The molecule has 3 unspecified atom stereocenters. The van der Waals surface area contributed by atoms with Crippen LogP contribution in [0.5, 0.6) is 0 Å². The highest BCUT2D eigenvalue weighted by molar-refractivity contribution is 6.73. The molecule has 8 heterocycles. The quantitative estimate of drug-likeness (QED) is 0.0955. The molecular formula is C47H78O9Si. The second-order valence-corrected chi connectivity index (χ2v) is 24.3. The Kier molecular flexibility index (Phi) is 14.4. The SMILES string of the molecule is C=CC[C@@H]1O[C@H]2[C@H]3O[C@]4(CC[C@H]5CC(=C)C(CC[C@H]6C[C@@H](C)C(=C)C(C[C@@H]7O[C@H](C[C@H](C)CO[Si](CC)(CC)CC)[C@H](C)[C@H]7CCO)O6)O5)C[C@H]3O[C@H]2C(O4)[C@H]1C. The summed E-state index contributed by atoms with van der Waals surface area (Å²) < 4.78 is 53.9. The maximum atomic E-state index is 10.1. The third-order valence-corrected chi connectivity index (χ3v) is 20.5. The minimum atomic E-state index is -1.62. The molecule has 1 N–H and O–H groups in total. The summed E-state index contributed by atoms with van der Waals surface area (Å²) in [4.78, 5) is 0. The van der Waals surface area contributed by atoms with Gasteiger partial charge in [0.1, 0.15) is 18.3 Å². The van der Waals surface area contributed by atoms with Gasteiger partial charge in [0.25, 0.3) is 0 Å². The Morgan fingerprint density at radius 3 is 2.26 bits per heavy atom. The van der Waals surface area contributed by atoms with Crippen LogP contribution in [0, 0.1) is 29.6 Å². The van der Waals surface area contributed by atoms with Crippen LogP contribution in [-0.4, -0.2) is 106 Å². The Morgan fingerprint density at radius 2 is 1.54 bits per heavy atom. The van der Waals surface area contributed by atoms with Crippen LogP contribution >= 0.6 is 0 Å². The van der Waals surface area contributed by atoms with Gasteiger partial charge >= 0.3 is 0 Å². The second kappa shape index (κ2) is 18.6. The number of aliphatic hydroxyl groups is 1. The highest BCUT2D eigenvalue weighted by Gasteiger charge is 2.67. The van der Waals surface area contributed by atoms with Gasteiger partial charge in [-0.15, -0.1) is 6.58 Å². The van der Waals surface area contributed by atoms with Crippen LogP contribution in [0.4, 0.5) is 0 Å². The van der Waals surface area contributed by atoms with Gasteiger partial charge in [-0.3, -0.25) is 0 Å². The first-order chi connectivity index (χ1) is 27.4. The van der Waals surface area contributed by atoms with E-state index in [2.05, 4.69) is 68.2 Å². The van der Waals surface area contributed by atoms with Crippen molar-refractivity contribution in [2.24, 2.45) is 29.6 Å². The summed E-state index contributed by atoms with van der Waals surface area (Å²) in [6.07, 6.45) is 11.7. The molecular weight excluding hydrogens is 737 g/mol. The number of aliphatic hydroxyl groups excluding tert-OH is 1. The lowest BCUT2D eigenvalue weighted by molar-refractivity contribution is -0.262. The van der Waals surface area contributed by atoms with E-state index in [0.29, 0.717) is 23.7 Å². The zero-order chi connectivity index (χ0) is 40.6. The fourth-order valence-corrected chi connectivity index (χ4v) is 14.6. The monoisotopic (exact) mass is 815 g/mol. The third kappa shape index (κ3) is 9.17. The summed E-state index contributed by atoms with van der Waals surface area (Å²) in [6, 6.07) is 3.53. The Labute approximate surface area is 346 Å². The van der Waals surface area contributed by atoms with Crippen molar-refractivity contribution in [3.05, 3.63) is 37.0 Å². The molecule has 0 radical (unpaired) electrons. The number of hydrogen-bond acceptors (Lipinski definition) is 9. The van der Waals surface area contributed by atoms with Gasteiger partial charge in [-0.1, -0.05) is 67.7 Å². The topological polar surface area (TPSA) is 94.1 Å². The van der Waals surface area contributed by atoms with Crippen LogP contribution < -0.4 is 0 Å². The zero-order valence-electron chi connectivity index (χ0n) is 36.5. The van der Waals surface area contributed by atoms with Crippen LogP contribution in [0.1, 0.15) is 119 Å². The van der Waals surface area contributed by atoms with Gasteiger partial charge in [0.2, 0.25) is 0 Å². The van der Waals surface area contributed by atoms with E-state index in [1.165, 1.54) is 29.3 Å². The van der Waals surface area contributed by atoms with E-state index < -0.39 is 14.1 Å². The molecule has 6 bridgehead atoms. The van der Waals surface area contributed by atoms with Gasteiger partial charge in [0.05, 0.1) is 54.9 Å². The molecule has 9 nitrogen and oxygen atoms in total. The fourth-order valence-electron chi connectivity index (χ4n) is 11.9. The predicted octanol–water partition coefficient (Wildman–Crippen LogP) is 9.08. The normalized spacial score (nSPS) is 44.6. The molecule has 0 aliphatic carbocycles. The van der Waals surface area contributed by atoms with Crippen LogP contribution in [0.25, 0.3) is 0 Å². The number of hydrogen-bond donors (Lipinski definition) is 1. The van der Waals surface area contributed by atoms with Gasteiger partial charge in [-0.05, 0) is 104 Å². The highest BCUT2D eigenvalue weighted by Crippen LogP contribution is 2.54. The van der Waals surface area contributed by atoms with Crippen LogP contribution in [0.15, 0.2) is 37.0 Å². The average Bonchev–Trinajstić information content (AvgIpc) is 3.86. The van der Waals surface area contributed by atoms with Crippen molar-refractivity contribution in [2.45, 2.75) is 216 Å². The largest absolute Gasteiger partial charge is 0.417 e. The van der Waals surface area contributed by atoms with Crippen molar-refractivity contribution in [3.63, 3.8) is 0 Å². The minimum Gasteiger partial charge on any atom is -0.417 e. The Hall–Kier alpha value is -0.923. The van der Waals surface area contributed by atoms with E-state index in [-0.39, 0.29) is 85.8 Å². The Balaban J connectivity index is 0.895. The van der Waals surface area contributed by atoms with Crippen molar-refractivity contribution < 1.29 is 42.7 Å². The first kappa shape index (κ1) is 44.1. The lowest BCUT2D eigenvalue weighted by atomic mass is 9.80. The fraction of sp³-hybridized carbons (Fsp3) is 0.872. The van der Waals surface area contributed by atoms with Crippen molar-refractivity contribution in [1.82, 2.24) is 0 Å². The average molecular weight is 815 g/mol. The van der Waals surface area contributed by atoms with Crippen molar-refractivity contribution >= 4 is 8.32 Å². The number of rotatable bonds is 20. The van der Waals surface area contributed by atoms with Crippen molar-refractivity contribution in [2.75, 3.05) is 13.2 Å². The van der Waals surface area contributed by atoms with Gasteiger partial charge in [0, 0.05) is 38.4 Å². The van der Waals surface area contributed by atoms with E-state index in [1.807, 2.05) is 6.08 Å². The van der Waals surface area contributed by atoms with Gasteiger partial charge in [-0.2, -0.15) is 0 Å². The van der Waals surface area contributed by atoms with E-state index in [9.17, 15) is 5.11 Å². The predicted molar refractivity (Wildman–Crippen MR) is 225 cm³/mol. The summed E-state index contributed by atoms with van der Waals surface area (Å²) in [6.45, 7) is 30.0. The van der Waals surface area contributed by atoms with E-state index in [4.69, 9.17) is 37.6 Å². The summed E-state index contributed by atoms with van der Waals surface area (Å²) in [7, 11) is -1.62. The van der Waals surface area contributed by atoms with Crippen LogP contribution in [0.2, 0.25) is 18.1 Å². The van der Waals surface area contributed by atoms with Gasteiger partial charge in [0.15, 0.2) is 14.1 Å². The molecule has 0 aromatic carbocycles. The molecule has 0 aromatic rings. The van der Waals surface area contributed by atoms with Crippen LogP contribution in [0.3, 0.4) is 0 Å². The molecule has 8 saturated heterocycles. The van der Waals surface area contributed by atoms with Gasteiger partial charge < -0.3 is 42.7 Å². The highest BCUT2D eigenvalue weighted by atomic mass is 28.4. The first-order valence-corrected chi connectivity index (χ1v) is 25.7. The molecule has 8 fully saturated rings. The molecule has 0 aromatic heterocycles. The summed E-state index contributed by atoms with van der Waals surface area (Å²) >= 11 is 0. The first-order valence-electron chi connectivity index (χ1n) is 23.2. The summed E-state index contributed by atoms with van der Waals surface area (Å²) in [5.41, 5.74) is 2.36. The lowest BCUT2D eigenvalue weighted by Crippen LogP contribution is -2.54. The molecule has 57 heavy (non-hydrogen) atoms. The minimum absolute atomic E-state index is 0.0260. The zero-order valence-corrected chi connectivity index (χ0v) is 37.5. The van der Waals surface area contributed by atoms with E-state index >= 15 is 0 Å². The third-order valence-electron chi connectivity index (χ3n) is 15.9. The Morgan fingerprint density at radius 1 is 0.825 bits per heavy atom. The molecule has 0 spiro atoms. The van der Waals surface area contributed by atoms with Crippen molar-refractivity contribution in [1.29, 1.82) is 0 Å². The summed E-state index contributed by atoms with van der Waals surface area (Å²) in [5, 5.41) is 10.1. The van der Waals surface area contributed by atoms with E-state index in [0.717, 1.165) is 77.2 Å². The van der Waals surface area contributed by atoms with Gasteiger partial charge in [-0.25, -0.2) is 0 Å².